The van der Waals surface area contributed by atoms with Gasteiger partial charge in [0, 0.05) is 29.6 Å². The highest BCUT2D eigenvalue weighted by atomic mass is 16.3. The van der Waals surface area contributed by atoms with Crippen LogP contribution in [0.1, 0.15) is 50.6 Å². The molecule has 2 N–H and O–H groups in total. The Balaban J connectivity index is 1.38. The molecule has 0 bridgehead atoms. The van der Waals surface area contributed by atoms with Gasteiger partial charge in [0.05, 0.1) is 36.4 Å². The SMILES string of the molecule is C[C@H]1CCC[C@@H]1Nc1cccc(-c2cnc3cc(CO)c(-c4cnn(C5CC5)c4)cn23)n1. The predicted octanol–water partition coefficient (Wildman–Crippen LogP) is 4.69. The normalized spacial score (nSPS) is 20.8. The number of fused-ring (bicyclic) bond motifs is 1. The highest BCUT2D eigenvalue weighted by Crippen LogP contribution is 2.36. The van der Waals surface area contributed by atoms with E-state index in [0.717, 1.165) is 39.5 Å². The molecule has 2 aliphatic rings. The van der Waals surface area contributed by atoms with Crippen molar-refractivity contribution in [1.82, 2.24) is 24.1 Å². The van der Waals surface area contributed by atoms with Crippen molar-refractivity contribution in [1.29, 1.82) is 0 Å². The molecule has 0 saturated heterocycles. The van der Waals surface area contributed by atoms with E-state index in [9.17, 15) is 5.11 Å². The highest BCUT2D eigenvalue weighted by molar-refractivity contribution is 5.71. The maximum atomic E-state index is 10.0. The molecule has 4 heterocycles. The van der Waals surface area contributed by atoms with Gasteiger partial charge in [-0.15, -0.1) is 0 Å². The first-order valence-corrected chi connectivity index (χ1v) is 11.6. The molecule has 2 atom stereocenters. The molecule has 0 aliphatic heterocycles. The molecule has 0 spiro atoms. The zero-order chi connectivity index (χ0) is 21.7. The van der Waals surface area contributed by atoms with Crippen molar-refractivity contribution in [3.8, 4) is 22.5 Å². The number of hydrogen-bond donors (Lipinski definition) is 2. The van der Waals surface area contributed by atoms with Gasteiger partial charge >= 0.3 is 0 Å². The van der Waals surface area contributed by atoms with Crippen LogP contribution in [0, 0.1) is 5.92 Å². The lowest BCUT2D eigenvalue weighted by Gasteiger charge is -2.18. The topological polar surface area (TPSA) is 80.3 Å². The van der Waals surface area contributed by atoms with Crippen molar-refractivity contribution in [3.63, 3.8) is 0 Å². The lowest BCUT2D eigenvalue weighted by Crippen LogP contribution is -2.22. The molecule has 0 amide bonds. The van der Waals surface area contributed by atoms with E-state index in [1.807, 2.05) is 41.3 Å². The summed E-state index contributed by atoms with van der Waals surface area (Å²) < 4.78 is 4.10. The van der Waals surface area contributed by atoms with Crippen molar-refractivity contribution >= 4 is 11.5 Å². The van der Waals surface area contributed by atoms with Crippen LogP contribution in [0.5, 0.6) is 0 Å². The smallest absolute Gasteiger partial charge is 0.137 e. The molecule has 164 valence electrons. The molecule has 2 aliphatic carbocycles. The molecule has 0 radical (unpaired) electrons. The maximum Gasteiger partial charge on any atom is 0.137 e. The second kappa shape index (κ2) is 7.74. The molecule has 4 aromatic rings. The van der Waals surface area contributed by atoms with E-state index in [2.05, 4.69) is 39.1 Å². The minimum atomic E-state index is -0.0418. The number of anilines is 1. The van der Waals surface area contributed by atoms with Gasteiger partial charge in [-0.05, 0) is 55.4 Å². The Hall–Kier alpha value is -3.19. The van der Waals surface area contributed by atoms with E-state index >= 15 is 0 Å². The van der Waals surface area contributed by atoms with Crippen LogP contribution in [0.15, 0.2) is 49.1 Å². The van der Waals surface area contributed by atoms with Crippen molar-refractivity contribution in [2.75, 3.05) is 5.32 Å². The fourth-order valence-corrected chi connectivity index (χ4v) is 4.87. The van der Waals surface area contributed by atoms with Gasteiger partial charge in [0.15, 0.2) is 0 Å². The summed E-state index contributed by atoms with van der Waals surface area (Å²) in [6.07, 6.45) is 14.0. The summed E-state index contributed by atoms with van der Waals surface area (Å²) in [5.41, 5.74) is 5.45. The van der Waals surface area contributed by atoms with Crippen LogP contribution in [0.2, 0.25) is 0 Å². The number of aromatic nitrogens is 5. The van der Waals surface area contributed by atoms with E-state index in [4.69, 9.17) is 4.98 Å². The number of pyridine rings is 2. The Labute approximate surface area is 187 Å². The van der Waals surface area contributed by atoms with Gasteiger partial charge in [-0.25, -0.2) is 9.97 Å². The van der Waals surface area contributed by atoms with Crippen LogP contribution in [0.25, 0.3) is 28.2 Å². The van der Waals surface area contributed by atoms with E-state index in [-0.39, 0.29) is 6.61 Å². The molecule has 0 unspecified atom stereocenters. The number of nitrogens with one attached hydrogen (secondary N) is 1. The first-order chi connectivity index (χ1) is 15.7. The van der Waals surface area contributed by atoms with Gasteiger partial charge in [0.2, 0.25) is 0 Å². The molecule has 32 heavy (non-hydrogen) atoms. The quantitative estimate of drug-likeness (QED) is 0.466. The average Bonchev–Trinajstić information content (AvgIpc) is 3.20. The van der Waals surface area contributed by atoms with Crippen molar-refractivity contribution in [2.45, 2.75) is 57.7 Å². The molecule has 6 rings (SSSR count). The Morgan fingerprint density at radius 2 is 2.03 bits per heavy atom. The lowest BCUT2D eigenvalue weighted by molar-refractivity contribution is 0.282. The summed E-state index contributed by atoms with van der Waals surface area (Å²) >= 11 is 0. The third kappa shape index (κ3) is 3.46. The monoisotopic (exact) mass is 428 g/mol. The molecule has 2 fully saturated rings. The van der Waals surface area contributed by atoms with Crippen molar-refractivity contribution < 1.29 is 5.11 Å². The largest absolute Gasteiger partial charge is 0.392 e. The minimum absolute atomic E-state index is 0.0418. The first-order valence-electron chi connectivity index (χ1n) is 11.6. The summed E-state index contributed by atoms with van der Waals surface area (Å²) in [6, 6.07) is 9.08. The van der Waals surface area contributed by atoms with Gasteiger partial charge in [0.25, 0.3) is 0 Å². The first kappa shape index (κ1) is 19.5. The lowest BCUT2D eigenvalue weighted by atomic mass is 10.1. The molecular formula is C25H28N6O. The van der Waals surface area contributed by atoms with Gasteiger partial charge in [-0.3, -0.25) is 9.08 Å². The Kier molecular flexibility index (Phi) is 4.72. The van der Waals surface area contributed by atoms with Gasteiger partial charge in [0.1, 0.15) is 11.5 Å². The number of aliphatic hydroxyl groups excluding tert-OH is 1. The van der Waals surface area contributed by atoms with Crippen LogP contribution < -0.4 is 5.32 Å². The molecule has 7 nitrogen and oxygen atoms in total. The van der Waals surface area contributed by atoms with E-state index < -0.39 is 0 Å². The Morgan fingerprint density at radius 1 is 1.12 bits per heavy atom. The van der Waals surface area contributed by atoms with E-state index in [0.29, 0.717) is 18.0 Å². The van der Waals surface area contributed by atoms with Crippen LogP contribution in [0.4, 0.5) is 5.82 Å². The van der Waals surface area contributed by atoms with Crippen LogP contribution >= 0.6 is 0 Å². The molecule has 2 saturated carbocycles. The summed E-state index contributed by atoms with van der Waals surface area (Å²) in [6.45, 7) is 2.27. The van der Waals surface area contributed by atoms with Gasteiger partial charge < -0.3 is 10.4 Å². The molecule has 0 aromatic carbocycles. The second-order valence-corrected chi connectivity index (χ2v) is 9.25. The van der Waals surface area contributed by atoms with Crippen LogP contribution in [-0.4, -0.2) is 35.3 Å². The maximum absolute atomic E-state index is 10.0. The second-order valence-electron chi connectivity index (χ2n) is 9.25. The average molecular weight is 429 g/mol. The van der Waals surface area contributed by atoms with Gasteiger partial charge in [-0.1, -0.05) is 19.4 Å². The summed E-state index contributed by atoms with van der Waals surface area (Å²) in [7, 11) is 0. The Bertz CT molecular complexity index is 1270. The van der Waals surface area contributed by atoms with Crippen molar-refractivity contribution in [2.24, 2.45) is 5.92 Å². The van der Waals surface area contributed by atoms with Crippen LogP contribution in [-0.2, 0) is 6.61 Å². The van der Waals surface area contributed by atoms with E-state index in [1.54, 1.807) is 0 Å². The van der Waals surface area contributed by atoms with Gasteiger partial charge in [-0.2, -0.15) is 5.10 Å². The fraction of sp³-hybridized carbons (Fsp3) is 0.400. The molecule has 4 aromatic heterocycles. The fourth-order valence-electron chi connectivity index (χ4n) is 4.87. The summed E-state index contributed by atoms with van der Waals surface area (Å²) in [4.78, 5) is 9.50. The molecular weight excluding hydrogens is 400 g/mol. The number of hydrogen-bond acceptors (Lipinski definition) is 5. The van der Waals surface area contributed by atoms with Crippen molar-refractivity contribution in [3.05, 3.63) is 54.6 Å². The Morgan fingerprint density at radius 3 is 2.81 bits per heavy atom. The zero-order valence-electron chi connectivity index (χ0n) is 18.3. The zero-order valence-corrected chi connectivity index (χ0v) is 18.3. The predicted molar refractivity (Wildman–Crippen MR) is 124 cm³/mol. The third-order valence-electron chi connectivity index (χ3n) is 6.94. The number of rotatable bonds is 6. The van der Waals surface area contributed by atoms with Crippen LogP contribution in [0.3, 0.4) is 0 Å². The standard InChI is InChI=1S/C25H28N6O/c1-16-4-2-5-21(16)28-24-7-3-6-22(29-24)23-12-26-25-10-17(15-32)20(14-30(23)25)18-11-27-31(13-18)19-8-9-19/h3,6-7,10-14,16,19,21,32H,2,4-5,8-9,15H2,1H3,(H,28,29)/t16-,21-/m0/s1. The highest BCUT2D eigenvalue weighted by Gasteiger charge is 2.25. The summed E-state index contributed by atoms with van der Waals surface area (Å²) in [5.74, 6) is 1.58. The third-order valence-corrected chi connectivity index (χ3v) is 6.94. The summed E-state index contributed by atoms with van der Waals surface area (Å²) in [5, 5.41) is 18.2. The molecule has 7 heteroatoms. The number of nitrogens with zero attached hydrogens (tertiary/aromatic N) is 5. The number of imidazole rings is 1. The number of aliphatic hydroxyl groups is 1. The van der Waals surface area contributed by atoms with E-state index in [1.165, 1.54) is 32.1 Å². The minimum Gasteiger partial charge on any atom is -0.392 e.